The molecule has 0 aliphatic carbocycles. The molecule has 4 atom stereocenters. The lowest BCUT2D eigenvalue weighted by molar-refractivity contribution is -0.0459. The molecule has 1 aromatic heterocycles. The van der Waals surface area contributed by atoms with Crippen LogP contribution in [-0.2, 0) is 13.6 Å². The third-order valence-electron chi connectivity index (χ3n) is 7.12. The SMILES string of the molecule is CC(C)(C)[Si](C)(C)OC[C@H]1O[C@@H](n2cc(F)c(=O)[nH]c2=O)[C@@H](F)C1O[Si](C)(C)C(C)(C)C. The number of aromatic nitrogens is 2. The summed E-state index contributed by atoms with van der Waals surface area (Å²) in [7, 11) is -4.58. The van der Waals surface area contributed by atoms with Crippen molar-refractivity contribution in [2.45, 2.75) is 102 Å². The zero-order chi connectivity index (χ0) is 24.9. The molecule has 1 aromatic rings. The number of hydrogen-bond acceptors (Lipinski definition) is 5. The third-order valence-corrected chi connectivity index (χ3v) is 16.1. The number of aromatic amines is 1. The quantitative estimate of drug-likeness (QED) is 0.598. The molecule has 1 N–H and O–H groups in total. The molecule has 2 rings (SSSR count). The van der Waals surface area contributed by atoms with E-state index < -0.39 is 58.3 Å². The van der Waals surface area contributed by atoms with Crippen LogP contribution in [0.15, 0.2) is 15.8 Å². The maximum absolute atomic E-state index is 15.7. The molecule has 32 heavy (non-hydrogen) atoms. The fraction of sp³-hybridized carbons (Fsp3) is 0.810. The second kappa shape index (κ2) is 8.90. The van der Waals surface area contributed by atoms with Gasteiger partial charge in [0.05, 0.1) is 12.8 Å². The van der Waals surface area contributed by atoms with Gasteiger partial charge in [-0.3, -0.25) is 14.3 Å². The molecule has 0 amide bonds. The molecule has 0 aromatic carbocycles. The van der Waals surface area contributed by atoms with Crippen LogP contribution < -0.4 is 11.2 Å². The number of ether oxygens (including phenoxy) is 1. The van der Waals surface area contributed by atoms with Crippen LogP contribution in [0.4, 0.5) is 8.78 Å². The lowest BCUT2D eigenvalue weighted by Crippen LogP contribution is -2.50. The van der Waals surface area contributed by atoms with Crippen molar-refractivity contribution in [3.05, 3.63) is 32.9 Å². The lowest BCUT2D eigenvalue weighted by atomic mass is 10.1. The Morgan fingerprint density at radius 1 is 1.06 bits per heavy atom. The maximum Gasteiger partial charge on any atom is 0.330 e. The minimum absolute atomic E-state index is 0.0606. The molecular weight excluding hydrogens is 454 g/mol. The van der Waals surface area contributed by atoms with Crippen LogP contribution in [-0.4, -0.2) is 51.2 Å². The summed E-state index contributed by atoms with van der Waals surface area (Å²) in [4.78, 5) is 25.5. The fourth-order valence-corrected chi connectivity index (χ4v) is 5.20. The second-order valence-corrected chi connectivity index (χ2v) is 21.1. The van der Waals surface area contributed by atoms with Crippen molar-refractivity contribution in [3.8, 4) is 0 Å². The Bertz CT molecular complexity index is 934. The second-order valence-electron chi connectivity index (χ2n) is 11.6. The molecule has 0 radical (unpaired) electrons. The summed E-state index contributed by atoms with van der Waals surface area (Å²) in [5, 5.41) is -0.245. The van der Waals surface area contributed by atoms with Gasteiger partial charge in [-0.15, -0.1) is 0 Å². The van der Waals surface area contributed by atoms with Crippen LogP contribution in [0.5, 0.6) is 0 Å². The zero-order valence-corrected chi connectivity index (χ0v) is 22.8. The van der Waals surface area contributed by atoms with E-state index >= 15 is 4.39 Å². The topological polar surface area (TPSA) is 82.5 Å². The summed E-state index contributed by atoms with van der Waals surface area (Å²) in [5.74, 6) is -1.19. The fourth-order valence-electron chi connectivity index (χ4n) is 2.87. The van der Waals surface area contributed by atoms with Gasteiger partial charge in [0.15, 0.2) is 29.0 Å². The summed E-state index contributed by atoms with van der Waals surface area (Å²) < 4.78 is 48.9. The van der Waals surface area contributed by atoms with Crippen LogP contribution >= 0.6 is 0 Å². The van der Waals surface area contributed by atoms with Crippen LogP contribution in [0.25, 0.3) is 0 Å². The molecule has 1 aliphatic heterocycles. The largest absolute Gasteiger partial charge is 0.414 e. The van der Waals surface area contributed by atoms with Crippen molar-refractivity contribution in [1.82, 2.24) is 9.55 Å². The smallest absolute Gasteiger partial charge is 0.330 e. The number of rotatable bonds is 6. The minimum atomic E-state index is -2.41. The van der Waals surface area contributed by atoms with Crippen LogP contribution in [0, 0.1) is 5.82 Å². The molecule has 7 nitrogen and oxygen atoms in total. The van der Waals surface area contributed by atoms with Gasteiger partial charge in [0.2, 0.25) is 5.82 Å². The Labute approximate surface area is 190 Å². The highest BCUT2D eigenvalue weighted by atomic mass is 28.4. The highest BCUT2D eigenvalue weighted by molar-refractivity contribution is 6.74. The van der Waals surface area contributed by atoms with Crippen molar-refractivity contribution in [1.29, 1.82) is 0 Å². The van der Waals surface area contributed by atoms with Gasteiger partial charge in [-0.05, 0) is 36.3 Å². The van der Waals surface area contributed by atoms with Gasteiger partial charge < -0.3 is 13.6 Å². The lowest BCUT2D eigenvalue weighted by Gasteiger charge is -2.40. The van der Waals surface area contributed by atoms with E-state index in [9.17, 15) is 14.0 Å². The molecular formula is C21H38F2N2O5Si2. The molecule has 1 fully saturated rings. The summed E-state index contributed by atoms with van der Waals surface area (Å²) in [6.07, 6.45) is -4.29. The first kappa shape index (κ1) is 27.1. The van der Waals surface area contributed by atoms with Crippen LogP contribution in [0.2, 0.25) is 36.3 Å². The molecule has 184 valence electrons. The van der Waals surface area contributed by atoms with Crippen molar-refractivity contribution in [2.24, 2.45) is 0 Å². The Morgan fingerprint density at radius 2 is 1.59 bits per heavy atom. The maximum atomic E-state index is 15.7. The van der Waals surface area contributed by atoms with E-state index in [2.05, 4.69) is 33.9 Å². The molecule has 11 heteroatoms. The van der Waals surface area contributed by atoms with Gasteiger partial charge in [0.1, 0.15) is 12.2 Å². The number of hydrogen-bond donors (Lipinski definition) is 1. The van der Waals surface area contributed by atoms with E-state index in [1.807, 2.05) is 38.8 Å². The predicted octanol–water partition coefficient (Wildman–Crippen LogP) is 4.32. The van der Waals surface area contributed by atoms with Gasteiger partial charge in [-0.1, -0.05) is 41.5 Å². The number of nitrogens with zero attached hydrogens (tertiary/aromatic N) is 1. The van der Waals surface area contributed by atoms with E-state index in [0.29, 0.717) is 6.20 Å². The predicted molar refractivity (Wildman–Crippen MR) is 125 cm³/mol. The monoisotopic (exact) mass is 492 g/mol. The van der Waals surface area contributed by atoms with Gasteiger partial charge >= 0.3 is 5.69 Å². The number of alkyl halides is 1. The Morgan fingerprint density at radius 3 is 2.09 bits per heavy atom. The van der Waals surface area contributed by atoms with Crippen molar-refractivity contribution in [2.75, 3.05) is 6.61 Å². The number of H-pyrrole nitrogens is 1. The van der Waals surface area contributed by atoms with Gasteiger partial charge in [0, 0.05) is 0 Å². The molecule has 0 saturated carbocycles. The highest BCUT2D eigenvalue weighted by Crippen LogP contribution is 2.43. The molecule has 0 spiro atoms. The first-order valence-corrected chi connectivity index (χ1v) is 16.7. The first-order valence-electron chi connectivity index (χ1n) is 10.9. The Kier molecular flexibility index (Phi) is 7.54. The zero-order valence-electron chi connectivity index (χ0n) is 20.8. The van der Waals surface area contributed by atoms with E-state index in [1.165, 1.54) is 0 Å². The molecule has 1 unspecified atom stereocenters. The highest BCUT2D eigenvalue weighted by Gasteiger charge is 2.52. The van der Waals surface area contributed by atoms with Crippen molar-refractivity contribution >= 4 is 16.6 Å². The van der Waals surface area contributed by atoms with Crippen LogP contribution in [0.1, 0.15) is 47.8 Å². The Balaban J connectivity index is 2.41. The molecule has 1 aliphatic rings. The van der Waals surface area contributed by atoms with Gasteiger partial charge in [-0.2, -0.15) is 4.39 Å². The average molecular weight is 493 g/mol. The molecule has 0 bridgehead atoms. The normalized spacial score (nSPS) is 25.4. The first-order chi connectivity index (χ1) is 14.3. The summed E-state index contributed by atoms with van der Waals surface area (Å²) in [5.41, 5.74) is -2.10. The minimum Gasteiger partial charge on any atom is -0.414 e. The van der Waals surface area contributed by atoms with E-state index in [0.717, 1.165) is 4.57 Å². The van der Waals surface area contributed by atoms with E-state index in [4.69, 9.17) is 13.6 Å². The molecule has 2 heterocycles. The average Bonchev–Trinajstić information content (AvgIpc) is 2.90. The standard InChI is InChI=1S/C21H38F2N2O5Si2/c1-20(2,3)31(7,8)28-12-14-16(30-32(9,10)21(4,5)6)15(23)18(29-14)25-11-13(22)17(26)24-19(25)27/h11,14-16,18H,12H2,1-10H3,(H,24,26,27)/t14-,15+,16?,18-/m1/s1. The third kappa shape index (κ3) is 5.49. The van der Waals surface area contributed by atoms with Gasteiger partial charge in [-0.25, -0.2) is 9.18 Å². The molecule has 1 saturated heterocycles. The van der Waals surface area contributed by atoms with Crippen molar-refractivity contribution < 1.29 is 22.4 Å². The number of halogens is 2. The van der Waals surface area contributed by atoms with Crippen LogP contribution in [0.3, 0.4) is 0 Å². The van der Waals surface area contributed by atoms with Gasteiger partial charge in [0.25, 0.3) is 5.56 Å². The van der Waals surface area contributed by atoms with E-state index in [1.54, 1.807) is 0 Å². The Hall–Kier alpha value is -1.15. The number of nitrogens with one attached hydrogen (secondary N) is 1. The van der Waals surface area contributed by atoms with E-state index in [-0.39, 0.29) is 16.7 Å². The summed E-state index contributed by atoms with van der Waals surface area (Å²) in [6.45, 7) is 20.7. The summed E-state index contributed by atoms with van der Waals surface area (Å²) >= 11 is 0. The van der Waals surface area contributed by atoms with Crippen molar-refractivity contribution in [3.63, 3.8) is 0 Å². The summed E-state index contributed by atoms with van der Waals surface area (Å²) in [6, 6.07) is 0.